The highest BCUT2D eigenvalue weighted by molar-refractivity contribution is 5.78. The van der Waals surface area contributed by atoms with Crippen molar-refractivity contribution < 1.29 is 14.3 Å². The molecule has 6 nitrogen and oxygen atoms in total. The monoisotopic (exact) mass is 361 g/mol. The zero-order chi connectivity index (χ0) is 18.9. The zero-order valence-electron chi connectivity index (χ0n) is 16.1. The molecular weight excluding hydrogens is 330 g/mol. The summed E-state index contributed by atoms with van der Waals surface area (Å²) in [5.74, 6) is 1.07. The zero-order valence-corrected chi connectivity index (χ0v) is 16.1. The second-order valence-corrected chi connectivity index (χ2v) is 6.80. The number of benzene rings is 1. The molecule has 3 amide bonds. The van der Waals surface area contributed by atoms with Crippen molar-refractivity contribution in [2.75, 3.05) is 26.2 Å². The summed E-state index contributed by atoms with van der Waals surface area (Å²) in [5.41, 5.74) is 1.14. The predicted octanol–water partition coefficient (Wildman–Crippen LogP) is 2.89. The molecule has 0 aliphatic carbocycles. The summed E-state index contributed by atoms with van der Waals surface area (Å²) in [6.45, 7) is 8.17. The van der Waals surface area contributed by atoms with Crippen LogP contribution >= 0.6 is 0 Å². The molecule has 26 heavy (non-hydrogen) atoms. The van der Waals surface area contributed by atoms with Crippen LogP contribution in [0.3, 0.4) is 0 Å². The van der Waals surface area contributed by atoms with Gasteiger partial charge in [0.15, 0.2) is 6.61 Å². The summed E-state index contributed by atoms with van der Waals surface area (Å²) >= 11 is 0. The van der Waals surface area contributed by atoms with Crippen LogP contribution in [0.2, 0.25) is 0 Å². The number of nitrogens with zero attached hydrogens (tertiary/aromatic N) is 1. The van der Waals surface area contributed by atoms with Crippen LogP contribution in [0.5, 0.6) is 5.75 Å². The molecule has 1 heterocycles. The topological polar surface area (TPSA) is 70.7 Å². The van der Waals surface area contributed by atoms with Gasteiger partial charge < -0.3 is 20.3 Å². The van der Waals surface area contributed by atoms with Crippen LogP contribution in [0.15, 0.2) is 24.3 Å². The Kier molecular flexibility index (Phi) is 7.75. The minimum atomic E-state index is -0.111. The first-order chi connectivity index (χ1) is 12.5. The fourth-order valence-electron chi connectivity index (χ4n) is 3.14. The Balaban J connectivity index is 1.78. The third-order valence-electron chi connectivity index (χ3n) is 4.90. The molecule has 1 unspecified atom stereocenters. The van der Waals surface area contributed by atoms with Crippen LogP contribution in [0.4, 0.5) is 4.79 Å². The predicted molar refractivity (Wildman–Crippen MR) is 102 cm³/mol. The van der Waals surface area contributed by atoms with Crippen LogP contribution in [-0.2, 0) is 4.79 Å². The Bertz CT molecular complexity index is 598. The van der Waals surface area contributed by atoms with E-state index in [2.05, 4.69) is 30.5 Å². The molecule has 0 spiro atoms. The van der Waals surface area contributed by atoms with Gasteiger partial charge in [0.25, 0.3) is 5.91 Å². The quantitative estimate of drug-likeness (QED) is 0.784. The van der Waals surface area contributed by atoms with E-state index in [0.717, 1.165) is 30.6 Å². The number of rotatable bonds is 7. The number of hydrogen-bond acceptors (Lipinski definition) is 3. The lowest BCUT2D eigenvalue weighted by atomic mass is 9.98. The van der Waals surface area contributed by atoms with Gasteiger partial charge in [0.05, 0.1) is 0 Å². The van der Waals surface area contributed by atoms with Crippen LogP contribution in [0, 0.1) is 0 Å². The highest BCUT2D eigenvalue weighted by Gasteiger charge is 2.23. The molecule has 1 aromatic carbocycles. The summed E-state index contributed by atoms with van der Waals surface area (Å²) < 4.78 is 5.77. The number of urea groups is 1. The number of para-hydroxylation sites is 1. The molecule has 0 aromatic heterocycles. The van der Waals surface area contributed by atoms with Gasteiger partial charge in [0.2, 0.25) is 0 Å². The van der Waals surface area contributed by atoms with Crippen LogP contribution in [-0.4, -0.2) is 49.1 Å². The molecule has 2 rings (SSSR count). The molecule has 1 fully saturated rings. The van der Waals surface area contributed by atoms with Crippen molar-refractivity contribution in [2.24, 2.45) is 0 Å². The van der Waals surface area contributed by atoms with E-state index < -0.39 is 0 Å². The van der Waals surface area contributed by atoms with E-state index in [4.69, 9.17) is 4.74 Å². The average molecular weight is 361 g/mol. The number of hydrogen-bond donors (Lipinski definition) is 2. The summed E-state index contributed by atoms with van der Waals surface area (Å²) in [4.78, 5) is 25.8. The first-order valence-corrected chi connectivity index (χ1v) is 9.59. The van der Waals surface area contributed by atoms with Gasteiger partial charge in [-0.1, -0.05) is 32.0 Å². The highest BCUT2D eigenvalue weighted by Crippen LogP contribution is 2.28. The summed E-state index contributed by atoms with van der Waals surface area (Å²) in [7, 11) is 0. The van der Waals surface area contributed by atoms with Gasteiger partial charge in [-0.05, 0) is 43.7 Å². The van der Waals surface area contributed by atoms with E-state index in [0.29, 0.717) is 25.6 Å². The van der Waals surface area contributed by atoms with E-state index in [1.165, 1.54) is 0 Å². The van der Waals surface area contributed by atoms with Gasteiger partial charge in [0, 0.05) is 25.7 Å². The lowest BCUT2D eigenvalue weighted by molar-refractivity contribution is -0.124. The Hall–Kier alpha value is -2.24. The van der Waals surface area contributed by atoms with Gasteiger partial charge >= 0.3 is 6.03 Å². The highest BCUT2D eigenvalue weighted by atomic mass is 16.5. The smallest absolute Gasteiger partial charge is 0.317 e. The number of ether oxygens (including phenoxy) is 1. The molecule has 1 aliphatic rings. The van der Waals surface area contributed by atoms with Gasteiger partial charge in [0.1, 0.15) is 5.75 Å². The molecule has 6 heteroatoms. The molecule has 2 N–H and O–H groups in total. The molecule has 1 aromatic rings. The normalized spacial score (nSPS) is 16.0. The Morgan fingerprint density at radius 1 is 1.23 bits per heavy atom. The SMILES string of the molecule is CCNC(=O)N1CCC(NC(=O)COc2ccccc2C(C)CC)CC1. The number of amides is 3. The standard InChI is InChI=1S/C20H31N3O3/c1-4-15(3)17-8-6-7-9-18(17)26-14-19(24)22-16-10-12-23(13-11-16)20(25)21-5-2/h6-9,15-16H,4-5,10-14H2,1-3H3,(H,21,25)(H,22,24). The van der Waals surface area contributed by atoms with Gasteiger partial charge in [-0.25, -0.2) is 4.79 Å². The first kappa shape index (κ1) is 20.1. The van der Waals surface area contributed by atoms with Crippen LogP contribution in [0.25, 0.3) is 0 Å². The number of piperidine rings is 1. The van der Waals surface area contributed by atoms with Gasteiger partial charge in [-0.2, -0.15) is 0 Å². The molecular formula is C20H31N3O3. The van der Waals surface area contributed by atoms with Crippen molar-refractivity contribution in [3.05, 3.63) is 29.8 Å². The van der Waals surface area contributed by atoms with Crippen molar-refractivity contribution >= 4 is 11.9 Å². The summed E-state index contributed by atoms with van der Waals surface area (Å²) in [6.07, 6.45) is 2.56. The number of carbonyl (C=O) groups excluding carboxylic acids is 2. The van der Waals surface area contributed by atoms with E-state index >= 15 is 0 Å². The third kappa shape index (κ3) is 5.64. The maximum Gasteiger partial charge on any atom is 0.317 e. The number of carbonyl (C=O) groups is 2. The average Bonchev–Trinajstić information content (AvgIpc) is 2.66. The van der Waals surface area contributed by atoms with Crippen LogP contribution in [0.1, 0.15) is 51.5 Å². The van der Waals surface area contributed by atoms with E-state index in [-0.39, 0.29) is 24.6 Å². The van der Waals surface area contributed by atoms with Gasteiger partial charge in [-0.3, -0.25) is 4.79 Å². The van der Waals surface area contributed by atoms with Crippen molar-refractivity contribution in [2.45, 2.75) is 52.0 Å². The van der Waals surface area contributed by atoms with Crippen molar-refractivity contribution in [3.63, 3.8) is 0 Å². The molecule has 144 valence electrons. The molecule has 1 saturated heterocycles. The van der Waals surface area contributed by atoms with Crippen molar-refractivity contribution in [3.8, 4) is 5.75 Å². The fraction of sp³-hybridized carbons (Fsp3) is 0.600. The Morgan fingerprint density at radius 3 is 2.58 bits per heavy atom. The minimum Gasteiger partial charge on any atom is -0.483 e. The van der Waals surface area contributed by atoms with E-state index in [1.807, 2.05) is 25.1 Å². The Labute approximate surface area is 156 Å². The molecule has 0 radical (unpaired) electrons. The van der Waals surface area contributed by atoms with Crippen LogP contribution < -0.4 is 15.4 Å². The third-order valence-corrected chi connectivity index (χ3v) is 4.90. The molecule has 1 atom stereocenters. The minimum absolute atomic E-state index is 0.0178. The fourth-order valence-corrected chi connectivity index (χ4v) is 3.14. The van der Waals surface area contributed by atoms with E-state index in [9.17, 15) is 9.59 Å². The van der Waals surface area contributed by atoms with Crippen molar-refractivity contribution in [1.82, 2.24) is 15.5 Å². The second-order valence-electron chi connectivity index (χ2n) is 6.80. The lowest BCUT2D eigenvalue weighted by Crippen LogP contribution is -2.50. The second kappa shape index (κ2) is 10.0. The first-order valence-electron chi connectivity index (χ1n) is 9.59. The summed E-state index contributed by atoms with van der Waals surface area (Å²) in [5, 5.41) is 5.83. The van der Waals surface area contributed by atoms with Crippen molar-refractivity contribution in [1.29, 1.82) is 0 Å². The largest absolute Gasteiger partial charge is 0.483 e. The number of likely N-dealkylation sites (tertiary alicyclic amines) is 1. The Morgan fingerprint density at radius 2 is 1.92 bits per heavy atom. The summed E-state index contributed by atoms with van der Waals surface area (Å²) in [6, 6.07) is 7.97. The van der Waals surface area contributed by atoms with E-state index in [1.54, 1.807) is 4.90 Å². The maximum absolute atomic E-state index is 12.2. The number of nitrogens with one attached hydrogen (secondary N) is 2. The lowest BCUT2D eigenvalue weighted by Gasteiger charge is -2.32. The molecule has 0 saturated carbocycles. The molecule has 0 bridgehead atoms. The van der Waals surface area contributed by atoms with Gasteiger partial charge in [-0.15, -0.1) is 0 Å². The molecule has 1 aliphatic heterocycles. The maximum atomic E-state index is 12.2.